The Morgan fingerprint density at radius 1 is 1.35 bits per heavy atom. The maximum absolute atomic E-state index is 11.8. The van der Waals surface area contributed by atoms with Crippen molar-refractivity contribution in [3.8, 4) is 0 Å². The van der Waals surface area contributed by atoms with Crippen LogP contribution in [0.4, 0.5) is 4.79 Å². The van der Waals surface area contributed by atoms with Crippen LogP contribution in [0.5, 0.6) is 0 Å². The van der Waals surface area contributed by atoms with Crippen molar-refractivity contribution in [2.24, 2.45) is 0 Å². The summed E-state index contributed by atoms with van der Waals surface area (Å²) in [4.78, 5) is 15.9. The molecular formula is C13H17NO2S. The smallest absolute Gasteiger partial charge is 0.374 e. The van der Waals surface area contributed by atoms with Crippen molar-refractivity contribution >= 4 is 17.1 Å². The zero-order valence-corrected chi connectivity index (χ0v) is 10.8. The molecule has 3 nitrogen and oxygen atoms in total. The molecule has 1 saturated carbocycles. The molecule has 0 radical (unpaired) electrons. The van der Waals surface area contributed by atoms with E-state index in [0.717, 1.165) is 37.4 Å². The molecule has 1 fully saturated rings. The van der Waals surface area contributed by atoms with Crippen molar-refractivity contribution in [3.63, 3.8) is 0 Å². The monoisotopic (exact) mass is 251 g/mol. The second-order valence-corrected chi connectivity index (χ2v) is 5.59. The van der Waals surface area contributed by atoms with E-state index in [1.807, 2.05) is 25.1 Å². The minimum Gasteiger partial charge on any atom is -0.451 e. The predicted octanol–water partition coefficient (Wildman–Crippen LogP) is 4.03. The lowest BCUT2D eigenvalue weighted by molar-refractivity contribution is 0.0130. The first-order valence-corrected chi connectivity index (χ1v) is 6.81. The van der Waals surface area contributed by atoms with E-state index in [1.165, 1.54) is 6.42 Å². The van der Waals surface area contributed by atoms with Gasteiger partial charge in [-0.2, -0.15) is 0 Å². The standard InChI is InChI=1S/C13H17NO2S/c1-13(8-4-2-5-9-13)16-12(15)17-11-7-3-6-10-14-11/h3,6-7,10H,2,4-5,8-9H2,1H3. The number of hydrogen-bond donors (Lipinski definition) is 0. The Morgan fingerprint density at radius 3 is 2.76 bits per heavy atom. The van der Waals surface area contributed by atoms with Crippen LogP contribution in [-0.4, -0.2) is 15.9 Å². The zero-order chi connectivity index (χ0) is 12.1. The van der Waals surface area contributed by atoms with E-state index in [4.69, 9.17) is 4.74 Å². The molecule has 0 saturated heterocycles. The summed E-state index contributed by atoms with van der Waals surface area (Å²) in [6, 6.07) is 5.51. The van der Waals surface area contributed by atoms with Crippen LogP contribution >= 0.6 is 11.8 Å². The molecule has 17 heavy (non-hydrogen) atoms. The predicted molar refractivity (Wildman–Crippen MR) is 68.1 cm³/mol. The van der Waals surface area contributed by atoms with E-state index in [1.54, 1.807) is 6.20 Å². The van der Waals surface area contributed by atoms with Crippen LogP contribution in [-0.2, 0) is 4.74 Å². The van der Waals surface area contributed by atoms with Gasteiger partial charge in [-0.15, -0.1) is 0 Å². The van der Waals surface area contributed by atoms with E-state index < -0.39 is 0 Å². The molecule has 0 aliphatic heterocycles. The maximum Gasteiger partial charge on any atom is 0.374 e. The van der Waals surface area contributed by atoms with Gasteiger partial charge in [0, 0.05) is 18.0 Å². The number of carbonyl (C=O) groups is 1. The zero-order valence-electron chi connectivity index (χ0n) is 10.0. The molecule has 1 aromatic rings. The van der Waals surface area contributed by atoms with Gasteiger partial charge in [-0.3, -0.25) is 0 Å². The quantitative estimate of drug-likeness (QED) is 0.587. The van der Waals surface area contributed by atoms with Gasteiger partial charge in [-0.1, -0.05) is 12.5 Å². The van der Waals surface area contributed by atoms with Crippen LogP contribution in [0.1, 0.15) is 39.0 Å². The first-order chi connectivity index (χ1) is 8.18. The summed E-state index contributed by atoms with van der Waals surface area (Å²) in [5.41, 5.74) is -0.267. The molecule has 1 heterocycles. The Bertz CT molecular complexity index is 374. The number of thioether (sulfide) groups is 1. The number of ether oxygens (including phenoxy) is 1. The fourth-order valence-corrected chi connectivity index (χ4v) is 2.79. The van der Waals surface area contributed by atoms with Crippen LogP contribution in [0.2, 0.25) is 0 Å². The molecule has 92 valence electrons. The number of nitrogens with zero attached hydrogens (tertiary/aromatic N) is 1. The molecule has 2 rings (SSSR count). The Hall–Kier alpha value is -1.03. The lowest BCUT2D eigenvalue weighted by Gasteiger charge is -2.32. The van der Waals surface area contributed by atoms with Crippen molar-refractivity contribution in [3.05, 3.63) is 24.4 Å². The van der Waals surface area contributed by atoms with Gasteiger partial charge in [-0.05, 0) is 44.7 Å². The largest absolute Gasteiger partial charge is 0.451 e. The lowest BCUT2D eigenvalue weighted by Crippen LogP contribution is -2.32. The SMILES string of the molecule is CC1(OC(=O)Sc2ccccn2)CCCCC1. The molecule has 0 spiro atoms. The van der Waals surface area contributed by atoms with Gasteiger partial charge in [0.1, 0.15) is 10.6 Å². The number of carbonyl (C=O) groups excluding carboxylic acids is 1. The summed E-state index contributed by atoms with van der Waals surface area (Å²) in [6.07, 6.45) is 7.18. The second kappa shape index (κ2) is 5.54. The van der Waals surface area contributed by atoms with E-state index in [9.17, 15) is 4.79 Å². The Labute approximate surface area is 106 Å². The van der Waals surface area contributed by atoms with E-state index >= 15 is 0 Å². The first kappa shape index (κ1) is 12.4. The van der Waals surface area contributed by atoms with Crippen molar-refractivity contribution < 1.29 is 9.53 Å². The average Bonchev–Trinajstić information content (AvgIpc) is 2.30. The van der Waals surface area contributed by atoms with Crippen LogP contribution in [0, 0.1) is 0 Å². The molecule has 0 unspecified atom stereocenters. The van der Waals surface area contributed by atoms with Gasteiger partial charge in [0.25, 0.3) is 0 Å². The van der Waals surface area contributed by atoms with Gasteiger partial charge >= 0.3 is 5.30 Å². The molecule has 0 atom stereocenters. The van der Waals surface area contributed by atoms with Crippen LogP contribution in [0.3, 0.4) is 0 Å². The molecule has 0 bridgehead atoms. The minimum absolute atomic E-state index is 0.242. The highest BCUT2D eigenvalue weighted by Crippen LogP contribution is 2.33. The average molecular weight is 251 g/mol. The Balaban J connectivity index is 1.88. The molecular weight excluding hydrogens is 234 g/mol. The van der Waals surface area contributed by atoms with Crippen LogP contribution in [0.25, 0.3) is 0 Å². The third kappa shape index (κ3) is 3.73. The lowest BCUT2D eigenvalue weighted by atomic mass is 9.86. The van der Waals surface area contributed by atoms with Gasteiger partial charge < -0.3 is 4.74 Å². The summed E-state index contributed by atoms with van der Waals surface area (Å²) >= 11 is 1.06. The van der Waals surface area contributed by atoms with Crippen molar-refractivity contribution in [2.45, 2.75) is 49.7 Å². The number of pyridine rings is 1. The fourth-order valence-electron chi connectivity index (χ4n) is 2.12. The van der Waals surface area contributed by atoms with Crippen molar-refractivity contribution in [2.75, 3.05) is 0 Å². The van der Waals surface area contributed by atoms with Gasteiger partial charge in [0.15, 0.2) is 0 Å². The number of hydrogen-bond acceptors (Lipinski definition) is 4. The first-order valence-electron chi connectivity index (χ1n) is 6.00. The summed E-state index contributed by atoms with van der Waals surface area (Å²) in [5.74, 6) is 0. The fraction of sp³-hybridized carbons (Fsp3) is 0.538. The third-order valence-corrected chi connectivity index (χ3v) is 3.77. The van der Waals surface area contributed by atoms with Gasteiger partial charge in [-0.25, -0.2) is 9.78 Å². The minimum atomic E-state index is -0.267. The molecule has 0 amide bonds. The normalized spacial score (nSPS) is 18.6. The van der Waals surface area contributed by atoms with Crippen molar-refractivity contribution in [1.29, 1.82) is 0 Å². The number of aromatic nitrogens is 1. The van der Waals surface area contributed by atoms with E-state index in [0.29, 0.717) is 5.03 Å². The van der Waals surface area contributed by atoms with Gasteiger partial charge in [0.2, 0.25) is 0 Å². The van der Waals surface area contributed by atoms with Crippen LogP contribution in [0.15, 0.2) is 29.4 Å². The highest BCUT2D eigenvalue weighted by Gasteiger charge is 2.31. The van der Waals surface area contributed by atoms with E-state index in [-0.39, 0.29) is 10.9 Å². The van der Waals surface area contributed by atoms with Crippen molar-refractivity contribution in [1.82, 2.24) is 4.98 Å². The summed E-state index contributed by atoms with van der Waals surface area (Å²) < 4.78 is 5.57. The number of rotatable bonds is 2. The molecule has 1 aliphatic carbocycles. The Morgan fingerprint density at radius 2 is 2.12 bits per heavy atom. The molecule has 0 N–H and O–H groups in total. The van der Waals surface area contributed by atoms with Crippen LogP contribution < -0.4 is 0 Å². The second-order valence-electron chi connectivity index (χ2n) is 4.63. The third-order valence-electron chi connectivity index (χ3n) is 3.07. The molecule has 4 heteroatoms. The van der Waals surface area contributed by atoms with E-state index in [2.05, 4.69) is 4.98 Å². The summed E-state index contributed by atoms with van der Waals surface area (Å²) in [6.45, 7) is 2.03. The molecule has 1 aliphatic rings. The Kier molecular flexibility index (Phi) is 4.05. The molecule has 0 aromatic carbocycles. The topological polar surface area (TPSA) is 39.2 Å². The summed E-state index contributed by atoms with van der Waals surface area (Å²) in [5, 5.41) is 0.449. The molecule has 1 aromatic heterocycles. The van der Waals surface area contributed by atoms with Gasteiger partial charge in [0.05, 0.1) is 0 Å². The highest BCUT2D eigenvalue weighted by molar-refractivity contribution is 8.13. The summed E-state index contributed by atoms with van der Waals surface area (Å²) in [7, 11) is 0. The maximum atomic E-state index is 11.8. The highest BCUT2D eigenvalue weighted by atomic mass is 32.2.